The molecular weight excluding hydrogens is 378 g/mol. The number of nitrogens with one attached hydrogen (secondary N) is 1. The Hall–Kier alpha value is -0.440. The van der Waals surface area contributed by atoms with Gasteiger partial charge in [0.15, 0.2) is 5.69 Å². The monoisotopic (exact) mass is 389 g/mol. The van der Waals surface area contributed by atoms with Crippen molar-refractivity contribution in [1.82, 2.24) is 15.1 Å². The van der Waals surface area contributed by atoms with E-state index in [1.54, 1.807) is 0 Å². The number of carbonyl (C=O) groups excluding carboxylic acids is 1. The van der Waals surface area contributed by atoms with Crippen molar-refractivity contribution in [1.29, 1.82) is 0 Å². The van der Waals surface area contributed by atoms with Gasteiger partial charge in [-0.3, -0.25) is 9.89 Å². The number of carbonyl (C=O) groups is 1. The molecule has 0 bridgehead atoms. The number of halogens is 4. The quantitative estimate of drug-likeness (QED) is 0.638. The lowest BCUT2D eigenvalue weighted by Gasteiger charge is -2.15. The summed E-state index contributed by atoms with van der Waals surface area (Å²) in [7, 11) is 0. The van der Waals surface area contributed by atoms with E-state index in [1.807, 2.05) is 0 Å². The molecule has 18 heavy (non-hydrogen) atoms. The predicted octanol–water partition coefficient (Wildman–Crippen LogP) is 2.73. The third-order valence-corrected chi connectivity index (χ3v) is 4.15. The van der Waals surface area contributed by atoms with Crippen molar-refractivity contribution in [3.8, 4) is 0 Å². The van der Waals surface area contributed by atoms with Crippen LogP contribution in [0, 0.1) is 5.92 Å². The molecular formula is C10H11ClF2IN3O. The molecule has 0 saturated carbocycles. The number of aromatic nitrogens is 2. The van der Waals surface area contributed by atoms with E-state index < -0.39 is 12.3 Å². The van der Waals surface area contributed by atoms with Crippen LogP contribution in [0.5, 0.6) is 0 Å². The minimum atomic E-state index is -2.39. The van der Waals surface area contributed by atoms with Crippen molar-refractivity contribution in [2.24, 2.45) is 5.92 Å². The maximum absolute atomic E-state index is 12.5. The molecule has 1 saturated heterocycles. The van der Waals surface area contributed by atoms with Gasteiger partial charge in [-0.1, -0.05) is 34.2 Å². The highest BCUT2D eigenvalue weighted by molar-refractivity contribution is 14.1. The topological polar surface area (TPSA) is 49.0 Å². The van der Waals surface area contributed by atoms with Crippen LogP contribution in [0.4, 0.5) is 8.78 Å². The Morgan fingerprint density at radius 1 is 1.67 bits per heavy atom. The number of H-pyrrole nitrogens is 1. The summed E-state index contributed by atoms with van der Waals surface area (Å²) in [6, 6.07) is 0. The number of alkyl halides is 3. The van der Waals surface area contributed by atoms with Crippen molar-refractivity contribution < 1.29 is 13.6 Å². The highest BCUT2D eigenvalue weighted by Crippen LogP contribution is 2.27. The van der Waals surface area contributed by atoms with Gasteiger partial charge in [0.2, 0.25) is 6.43 Å². The summed E-state index contributed by atoms with van der Waals surface area (Å²) < 4.78 is 25.7. The van der Waals surface area contributed by atoms with E-state index >= 15 is 0 Å². The maximum Gasteiger partial charge on any atom is 0.275 e. The first-order chi connectivity index (χ1) is 8.54. The Bertz CT molecular complexity index is 454. The van der Waals surface area contributed by atoms with Crippen LogP contribution in [0.25, 0.3) is 0 Å². The van der Waals surface area contributed by atoms with Crippen LogP contribution in [-0.4, -0.2) is 40.5 Å². The van der Waals surface area contributed by atoms with Gasteiger partial charge >= 0.3 is 0 Å². The maximum atomic E-state index is 12.5. The Morgan fingerprint density at radius 2 is 2.39 bits per heavy atom. The average Bonchev–Trinajstić information content (AvgIpc) is 2.94. The summed E-state index contributed by atoms with van der Waals surface area (Å²) in [6.07, 6.45) is -2.06. The smallest absolute Gasteiger partial charge is 0.275 e. The standard InChI is InChI=1S/C10H11ClF2IN3O/c11-7-6(3-14)15-16-8(7)10(18)17-2-1-5(4-17)9(12)13/h5,9H,1-4H2,(H,15,16). The Labute approximate surface area is 121 Å². The van der Waals surface area contributed by atoms with Crippen molar-refractivity contribution in [2.75, 3.05) is 13.1 Å². The van der Waals surface area contributed by atoms with Crippen molar-refractivity contribution in [3.63, 3.8) is 0 Å². The molecule has 100 valence electrons. The van der Waals surface area contributed by atoms with Crippen LogP contribution in [-0.2, 0) is 4.43 Å². The molecule has 1 aromatic rings. The fraction of sp³-hybridized carbons (Fsp3) is 0.600. The van der Waals surface area contributed by atoms with Crippen molar-refractivity contribution >= 4 is 40.1 Å². The molecule has 0 aliphatic carbocycles. The first-order valence-corrected chi connectivity index (χ1v) is 7.31. The van der Waals surface area contributed by atoms with Crippen LogP contribution in [0.15, 0.2) is 0 Å². The summed E-state index contributed by atoms with van der Waals surface area (Å²) in [5, 5.41) is 6.82. The third-order valence-electron chi connectivity index (χ3n) is 2.98. The highest BCUT2D eigenvalue weighted by Gasteiger charge is 2.34. The van der Waals surface area contributed by atoms with Gasteiger partial charge in [0, 0.05) is 23.4 Å². The first kappa shape index (κ1) is 14.0. The summed E-state index contributed by atoms with van der Waals surface area (Å²) in [5.74, 6) is -1.12. The molecule has 8 heteroatoms. The Balaban J connectivity index is 2.10. The van der Waals surface area contributed by atoms with Crippen LogP contribution < -0.4 is 0 Å². The number of rotatable bonds is 3. The largest absolute Gasteiger partial charge is 0.337 e. The lowest BCUT2D eigenvalue weighted by Crippen LogP contribution is -2.30. The summed E-state index contributed by atoms with van der Waals surface area (Å²) in [5.41, 5.74) is 0.795. The number of hydrogen-bond donors (Lipinski definition) is 1. The molecule has 1 aromatic heterocycles. The number of nitrogens with zero attached hydrogens (tertiary/aromatic N) is 2. The lowest BCUT2D eigenvalue weighted by atomic mass is 10.1. The van der Waals surface area contributed by atoms with Gasteiger partial charge in [-0.15, -0.1) is 0 Å². The average molecular weight is 390 g/mol. The van der Waals surface area contributed by atoms with E-state index in [0.717, 1.165) is 0 Å². The second-order valence-electron chi connectivity index (χ2n) is 4.13. The summed E-state index contributed by atoms with van der Waals surface area (Å²) in [6.45, 7) is 0.399. The van der Waals surface area contributed by atoms with Crippen LogP contribution in [0.1, 0.15) is 22.6 Å². The number of hydrogen-bond acceptors (Lipinski definition) is 2. The van der Waals surface area contributed by atoms with E-state index in [0.29, 0.717) is 23.1 Å². The molecule has 0 spiro atoms. The zero-order valence-corrected chi connectivity index (χ0v) is 12.2. The van der Waals surface area contributed by atoms with Gasteiger partial charge in [-0.25, -0.2) is 8.78 Å². The molecule has 1 aliphatic heterocycles. The second kappa shape index (κ2) is 5.68. The van der Waals surface area contributed by atoms with E-state index in [2.05, 4.69) is 32.8 Å². The van der Waals surface area contributed by atoms with Crippen LogP contribution in [0.3, 0.4) is 0 Å². The van der Waals surface area contributed by atoms with Gasteiger partial charge in [0.05, 0.1) is 10.7 Å². The summed E-state index contributed by atoms with van der Waals surface area (Å²) in [4.78, 5) is 13.5. The normalized spacial score (nSPS) is 19.8. The Morgan fingerprint density at radius 3 is 2.89 bits per heavy atom. The van der Waals surface area contributed by atoms with Gasteiger partial charge < -0.3 is 4.90 Å². The van der Waals surface area contributed by atoms with E-state index in [-0.39, 0.29) is 23.2 Å². The van der Waals surface area contributed by atoms with E-state index in [4.69, 9.17) is 11.6 Å². The molecule has 1 aliphatic rings. The minimum Gasteiger partial charge on any atom is -0.337 e. The number of likely N-dealkylation sites (tertiary alicyclic amines) is 1. The van der Waals surface area contributed by atoms with Gasteiger partial charge in [0.25, 0.3) is 5.91 Å². The van der Waals surface area contributed by atoms with Crippen molar-refractivity contribution in [2.45, 2.75) is 17.3 Å². The SMILES string of the molecule is O=C(c1n[nH]c(CI)c1Cl)N1CCC(C(F)F)C1. The minimum absolute atomic E-state index is 0.0687. The fourth-order valence-corrected chi connectivity index (χ4v) is 2.93. The first-order valence-electron chi connectivity index (χ1n) is 5.40. The van der Waals surface area contributed by atoms with E-state index in [1.165, 1.54) is 4.90 Å². The van der Waals surface area contributed by atoms with Crippen molar-refractivity contribution in [3.05, 3.63) is 16.4 Å². The van der Waals surface area contributed by atoms with E-state index in [9.17, 15) is 13.6 Å². The second-order valence-corrected chi connectivity index (χ2v) is 5.27. The van der Waals surface area contributed by atoms with Gasteiger partial charge in [-0.2, -0.15) is 5.10 Å². The number of aromatic amines is 1. The van der Waals surface area contributed by atoms with Gasteiger partial charge in [-0.05, 0) is 6.42 Å². The third kappa shape index (κ3) is 2.61. The highest BCUT2D eigenvalue weighted by atomic mass is 127. The predicted molar refractivity (Wildman–Crippen MR) is 71.3 cm³/mol. The molecule has 2 rings (SSSR count). The zero-order valence-electron chi connectivity index (χ0n) is 9.30. The Kier molecular flexibility index (Phi) is 4.41. The molecule has 0 radical (unpaired) electrons. The summed E-state index contributed by atoms with van der Waals surface area (Å²) >= 11 is 8.10. The zero-order chi connectivity index (χ0) is 13.3. The lowest BCUT2D eigenvalue weighted by molar-refractivity contribution is 0.0681. The molecule has 1 amide bonds. The molecule has 2 heterocycles. The molecule has 1 unspecified atom stereocenters. The number of amides is 1. The van der Waals surface area contributed by atoms with Gasteiger partial charge in [0.1, 0.15) is 0 Å². The van der Waals surface area contributed by atoms with Crippen LogP contribution >= 0.6 is 34.2 Å². The fourth-order valence-electron chi connectivity index (χ4n) is 1.92. The van der Waals surface area contributed by atoms with Crippen LogP contribution in [0.2, 0.25) is 5.02 Å². The molecule has 1 N–H and O–H groups in total. The molecule has 0 aromatic carbocycles. The molecule has 1 atom stereocenters. The molecule has 4 nitrogen and oxygen atoms in total. The molecule has 1 fully saturated rings.